The second-order valence-electron chi connectivity index (χ2n) is 3.93. The van der Waals surface area contributed by atoms with E-state index in [0.29, 0.717) is 11.8 Å². The van der Waals surface area contributed by atoms with Gasteiger partial charge in [0.1, 0.15) is 0 Å². The molecule has 3 heteroatoms. The van der Waals surface area contributed by atoms with Crippen molar-refractivity contribution in [2.75, 3.05) is 0 Å². The maximum atomic E-state index is 8.31. The summed E-state index contributed by atoms with van der Waals surface area (Å²) >= 11 is 1.52. The molecule has 16 heavy (non-hydrogen) atoms. The Morgan fingerprint density at radius 1 is 1.19 bits per heavy atom. The summed E-state index contributed by atoms with van der Waals surface area (Å²) in [6, 6.07) is 3.75. The van der Waals surface area contributed by atoms with Gasteiger partial charge >= 0.3 is 17.4 Å². The maximum absolute atomic E-state index is 8.31. The first-order valence-electron chi connectivity index (χ1n) is 5.07. The van der Waals surface area contributed by atoms with Crippen LogP contribution in [0, 0.1) is 25.7 Å². The van der Waals surface area contributed by atoms with Crippen LogP contribution in [-0.4, -0.2) is 23.6 Å². The molecule has 0 atom stereocenters. The normalized spacial score (nSPS) is 8.25. The van der Waals surface area contributed by atoms with Gasteiger partial charge in [0.05, 0.1) is 0 Å². The summed E-state index contributed by atoms with van der Waals surface area (Å²) in [5.74, 6) is 1.17. The zero-order valence-corrected chi connectivity index (χ0v) is 12.8. The molecule has 0 fully saturated rings. The third kappa shape index (κ3) is 29.2. The fourth-order valence-electron chi connectivity index (χ4n) is 0.365. The summed E-state index contributed by atoms with van der Waals surface area (Å²) in [4.78, 5) is 0.903. The average Bonchev–Trinajstić information content (AvgIpc) is 2.52. The van der Waals surface area contributed by atoms with Crippen molar-refractivity contribution in [2.24, 2.45) is 11.8 Å². The van der Waals surface area contributed by atoms with E-state index in [9.17, 15) is 0 Å². The molecule has 0 saturated carbocycles. The fourth-order valence-corrected chi connectivity index (χ4v) is 0.897. The first kappa shape index (κ1) is 21.2. The van der Waals surface area contributed by atoms with Crippen LogP contribution in [0.4, 0.5) is 0 Å². The van der Waals surface area contributed by atoms with Crippen LogP contribution in [0.1, 0.15) is 32.6 Å². The van der Waals surface area contributed by atoms with Gasteiger partial charge in [-0.1, -0.05) is 33.8 Å². The second kappa shape index (κ2) is 14.9. The molecule has 0 unspecified atom stereocenters. The smallest absolute Gasteiger partial charge is 0.809 e. The summed E-state index contributed by atoms with van der Waals surface area (Å²) < 4.78 is 0. The molecule has 0 aliphatic rings. The minimum atomic E-state index is 0. The van der Waals surface area contributed by atoms with E-state index >= 15 is 0 Å². The zero-order chi connectivity index (χ0) is 12.3. The molecule has 0 saturated heterocycles. The number of nitrogens with zero attached hydrogens (tertiary/aromatic N) is 1. The molecule has 0 aliphatic heterocycles. The van der Waals surface area contributed by atoms with Gasteiger partial charge in [-0.2, -0.15) is 18.1 Å². The molecule has 88 valence electrons. The Morgan fingerprint density at radius 2 is 1.56 bits per heavy atom. The Labute approximate surface area is 116 Å². The van der Waals surface area contributed by atoms with Gasteiger partial charge in [0.15, 0.2) is 0 Å². The Morgan fingerprint density at radius 3 is 1.69 bits per heavy atom. The van der Waals surface area contributed by atoms with Gasteiger partial charge in [-0.25, -0.2) is 0 Å². The maximum Gasteiger partial charge on any atom is 3.00 e. The third-order valence-corrected chi connectivity index (χ3v) is 1.48. The molecule has 1 nitrogen and oxygen atoms in total. The first-order chi connectivity index (χ1) is 6.90. The summed E-state index contributed by atoms with van der Waals surface area (Å²) in [7, 11) is 0. The van der Waals surface area contributed by atoms with E-state index in [-0.39, 0.29) is 17.4 Å². The molecule has 1 rings (SSSR count). The van der Waals surface area contributed by atoms with Crippen LogP contribution in [0.3, 0.4) is 0 Å². The van der Waals surface area contributed by atoms with Gasteiger partial charge in [0.2, 0.25) is 0 Å². The van der Waals surface area contributed by atoms with Crippen molar-refractivity contribution in [3.63, 3.8) is 0 Å². The number of hydrogen-bond acceptors (Lipinski definition) is 1. The second-order valence-corrected chi connectivity index (χ2v) is 4.91. The van der Waals surface area contributed by atoms with Crippen LogP contribution in [0.2, 0.25) is 0 Å². The minimum absolute atomic E-state index is 0. The molecule has 0 bridgehead atoms. The van der Waals surface area contributed by atoms with Crippen molar-refractivity contribution in [1.82, 2.24) is 0 Å². The quantitative estimate of drug-likeness (QED) is 0.403. The van der Waals surface area contributed by atoms with Crippen LogP contribution in [-0.2, 0) is 0 Å². The van der Waals surface area contributed by atoms with Gasteiger partial charge in [-0.05, 0) is 11.4 Å². The molecule has 1 aromatic heterocycles. The van der Waals surface area contributed by atoms with E-state index in [2.05, 4.69) is 41.5 Å². The van der Waals surface area contributed by atoms with Crippen molar-refractivity contribution in [3.8, 4) is 0 Å². The van der Waals surface area contributed by atoms with Gasteiger partial charge in [-0.3, -0.25) is 0 Å². The van der Waals surface area contributed by atoms with Crippen molar-refractivity contribution in [2.45, 2.75) is 27.7 Å². The zero-order valence-electron chi connectivity index (χ0n) is 10.8. The molecule has 1 aromatic rings. The summed E-state index contributed by atoms with van der Waals surface area (Å²) in [6.45, 7) is 15.5. The first-order valence-corrected chi connectivity index (χ1v) is 5.95. The summed E-state index contributed by atoms with van der Waals surface area (Å²) in [5.41, 5.74) is 0. The van der Waals surface area contributed by atoms with Crippen molar-refractivity contribution in [1.29, 1.82) is 0 Å². The van der Waals surface area contributed by atoms with Crippen LogP contribution >= 0.6 is 11.3 Å². The molecular weight excluding hydrogens is 229 g/mol. The molecular formula is C13H22AlNS. The Balaban J connectivity index is -0.000000166. The largest absolute Gasteiger partial charge is 3.00 e. The van der Waals surface area contributed by atoms with Crippen LogP contribution in [0.5, 0.6) is 0 Å². The average molecular weight is 251 g/mol. The van der Waals surface area contributed by atoms with E-state index in [4.69, 9.17) is 5.41 Å². The molecule has 1 heterocycles. The Bertz CT molecular complexity index is 206. The Hall–Kier alpha value is -0.0975. The van der Waals surface area contributed by atoms with Crippen molar-refractivity contribution < 1.29 is 0 Å². The van der Waals surface area contributed by atoms with Gasteiger partial charge < -0.3 is 19.3 Å². The topological polar surface area (TPSA) is 22.3 Å². The van der Waals surface area contributed by atoms with Crippen LogP contribution in [0.15, 0.2) is 17.5 Å². The van der Waals surface area contributed by atoms with Crippen molar-refractivity contribution in [3.05, 3.63) is 41.6 Å². The molecule has 0 aromatic carbocycles. The molecule has 0 spiro atoms. The SMILES string of the molecule is [Al+3].[CH2-]C(C)C.[CH2-]C(C)C.[N-]=Cc1cccs1. The monoisotopic (exact) mass is 251 g/mol. The van der Waals surface area contributed by atoms with Gasteiger partial charge in [0.25, 0.3) is 0 Å². The summed E-state index contributed by atoms with van der Waals surface area (Å²) in [6.07, 6.45) is 1.10. The molecule has 0 aliphatic carbocycles. The number of rotatable bonds is 1. The predicted molar refractivity (Wildman–Crippen MR) is 79.0 cm³/mol. The molecule has 0 amide bonds. The van der Waals surface area contributed by atoms with E-state index in [1.807, 2.05) is 17.5 Å². The van der Waals surface area contributed by atoms with E-state index in [0.717, 1.165) is 11.1 Å². The van der Waals surface area contributed by atoms with Crippen LogP contribution in [0.25, 0.3) is 5.41 Å². The number of thiophene rings is 1. The third-order valence-electron chi connectivity index (χ3n) is 0.670. The predicted octanol–water partition coefficient (Wildman–Crippen LogP) is 4.31. The fraction of sp³-hybridized carbons (Fsp3) is 0.462. The van der Waals surface area contributed by atoms with E-state index in [1.165, 1.54) is 11.3 Å². The van der Waals surface area contributed by atoms with E-state index in [1.54, 1.807) is 0 Å². The molecule has 0 N–H and O–H groups in total. The van der Waals surface area contributed by atoms with Crippen LogP contribution < -0.4 is 0 Å². The van der Waals surface area contributed by atoms with Gasteiger partial charge in [-0.15, -0.1) is 11.3 Å². The summed E-state index contributed by atoms with van der Waals surface area (Å²) in [5, 5.41) is 10.2. The Kier molecular flexibility index (Phi) is 19.8. The number of hydrogen-bond donors (Lipinski definition) is 0. The standard InChI is InChI=1S/C5H4NS.2C4H9.Al/c6-4-5-2-1-3-7-5;2*1-4(2)3;/h1-4H;2*4H,1H2,2-3H3;/q3*-1;+3. The van der Waals surface area contributed by atoms with E-state index < -0.39 is 0 Å². The molecule has 0 radical (unpaired) electrons. The van der Waals surface area contributed by atoms with Gasteiger partial charge in [0, 0.05) is 4.88 Å². The van der Waals surface area contributed by atoms with Crippen molar-refractivity contribution >= 4 is 34.9 Å². The minimum Gasteiger partial charge on any atom is -0.809 e.